The summed E-state index contributed by atoms with van der Waals surface area (Å²) in [6, 6.07) is 4.18. The smallest absolute Gasteiger partial charge is 0.407 e. The number of benzene rings is 2. The number of hydrogen-bond donors (Lipinski definition) is 2. The Bertz CT molecular complexity index is 1470. The molecule has 2 aromatic rings. The molecule has 0 aromatic heterocycles. The van der Waals surface area contributed by atoms with E-state index in [2.05, 4.69) is 15.4 Å². The van der Waals surface area contributed by atoms with Crippen molar-refractivity contribution in [1.29, 1.82) is 0 Å². The summed E-state index contributed by atoms with van der Waals surface area (Å²) in [6.07, 6.45) is 1.85. The fourth-order valence-electron chi connectivity index (χ4n) is 6.33. The largest absolute Gasteiger partial charge is 0.453 e. The molecule has 13 heteroatoms. The summed E-state index contributed by atoms with van der Waals surface area (Å²) in [7, 11) is -2.80. The topological polar surface area (TPSA) is 119 Å². The van der Waals surface area contributed by atoms with Crippen molar-refractivity contribution >= 4 is 44.9 Å². The number of carbonyl (C=O) groups is 3. The molecule has 0 saturated heterocycles. The summed E-state index contributed by atoms with van der Waals surface area (Å²) in [4.78, 5) is 37.4. The average molecular weight is 629 g/mol. The Kier molecular flexibility index (Phi) is 9.56. The van der Waals surface area contributed by atoms with Crippen LogP contribution in [0.4, 0.5) is 23.7 Å². The van der Waals surface area contributed by atoms with Crippen LogP contribution < -0.4 is 10.6 Å². The molecular formula is C29H32ClF3N2O6S. The Labute approximate surface area is 247 Å². The minimum absolute atomic E-state index is 0.0498. The molecule has 3 unspecified atom stereocenters. The van der Waals surface area contributed by atoms with Gasteiger partial charge in [-0.15, -0.1) is 0 Å². The summed E-state index contributed by atoms with van der Waals surface area (Å²) >= 11 is 6.31. The first-order valence-corrected chi connectivity index (χ1v) is 15.5. The highest BCUT2D eigenvalue weighted by atomic mass is 35.5. The Balaban J connectivity index is 1.50. The lowest BCUT2D eigenvalue weighted by Crippen LogP contribution is -2.45. The molecule has 2 amide bonds. The van der Waals surface area contributed by atoms with Gasteiger partial charge in [0.15, 0.2) is 33.1 Å². The van der Waals surface area contributed by atoms with E-state index in [-0.39, 0.29) is 57.0 Å². The van der Waals surface area contributed by atoms with Crippen LogP contribution in [0.1, 0.15) is 56.3 Å². The normalized spacial score (nSPS) is 22.5. The van der Waals surface area contributed by atoms with Gasteiger partial charge in [-0.3, -0.25) is 9.59 Å². The van der Waals surface area contributed by atoms with Gasteiger partial charge in [0.05, 0.1) is 28.3 Å². The first-order valence-electron chi connectivity index (χ1n) is 13.6. The van der Waals surface area contributed by atoms with E-state index >= 15 is 0 Å². The number of fused-ring (bicyclic) bond motifs is 2. The van der Waals surface area contributed by atoms with Gasteiger partial charge in [-0.2, -0.15) is 0 Å². The van der Waals surface area contributed by atoms with E-state index in [4.69, 9.17) is 11.6 Å². The summed E-state index contributed by atoms with van der Waals surface area (Å²) in [5.74, 6) is -6.31. The number of rotatable bonds is 9. The van der Waals surface area contributed by atoms with Gasteiger partial charge in [0.1, 0.15) is 0 Å². The lowest BCUT2D eigenvalue weighted by atomic mass is 9.77. The van der Waals surface area contributed by atoms with Crippen molar-refractivity contribution in [2.45, 2.75) is 62.1 Å². The van der Waals surface area contributed by atoms with Crippen LogP contribution in [-0.2, 0) is 19.4 Å². The molecule has 2 aromatic carbocycles. The summed E-state index contributed by atoms with van der Waals surface area (Å²) in [6.45, 7) is 3.64. The number of sulfone groups is 1. The minimum atomic E-state index is -4.02. The van der Waals surface area contributed by atoms with Gasteiger partial charge < -0.3 is 15.4 Å². The van der Waals surface area contributed by atoms with Crippen LogP contribution in [0.15, 0.2) is 35.2 Å². The Morgan fingerprint density at radius 3 is 2.17 bits per heavy atom. The number of alkyl carbamates (subject to hydrolysis) is 1. The van der Waals surface area contributed by atoms with Crippen LogP contribution >= 0.6 is 11.6 Å². The fourth-order valence-corrected chi connectivity index (χ4v) is 9.20. The van der Waals surface area contributed by atoms with Crippen LogP contribution in [0.2, 0.25) is 5.02 Å². The summed E-state index contributed by atoms with van der Waals surface area (Å²) < 4.78 is 72.9. The van der Waals surface area contributed by atoms with E-state index in [9.17, 15) is 36.0 Å². The predicted octanol–water partition coefficient (Wildman–Crippen LogP) is 5.93. The highest BCUT2D eigenvalue weighted by Crippen LogP contribution is 2.51. The molecule has 5 atom stereocenters. The van der Waals surface area contributed by atoms with Crippen LogP contribution in [-0.4, -0.2) is 44.6 Å². The average Bonchev–Trinajstić information content (AvgIpc) is 3.21. The van der Waals surface area contributed by atoms with Crippen molar-refractivity contribution in [3.8, 4) is 0 Å². The molecule has 8 nitrogen and oxygen atoms in total. The van der Waals surface area contributed by atoms with E-state index in [1.807, 2.05) is 13.8 Å². The van der Waals surface area contributed by atoms with Gasteiger partial charge in [-0.1, -0.05) is 25.4 Å². The van der Waals surface area contributed by atoms with Crippen molar-refractivity contribution in [3.63, 3.8) is 0 Å². The quantitative estimate of drug-likeness (QED) is 0.333. The molecule has 0 aliphatic heterocycles. The van der Waals surface area contributed by atoms with Gasteiger partial charge in [0, 0.05) is 29.8 Å². The number of ether oxygens (including phenoxy) is 1. The Morgan fingerprint density at radius 1 is 1.02 bits per heavy atom. The monoisotopic (exact) mass is 628 g/mol. The van der Waals surface area contributed by atoms with Crippen molar-refractivity contribution < 1.29 is 40.7 Å². The zero-order chi connectivity index (χ0) is 30.9. The Hall–Kier alpha value is -3.12. The van der Waals surface area contributed by atoms with E-state index in [1.54, 1.807) is 0 Å². The minimum Gasteiger partial charge on any atom is -0.453 e. The summed E-state index contributed by atoms with van der Waals surface area (Å²) in [5, 5.41) is 4.00. The molecular weight excluding hydrogens is 597 g/mol. The van der Waals surface area contributed by atoms with Crippen LogP contribution in [0, 0.1) is 41.1 Å². The molecule has 0 radical (unpaired) electrons. The molecule has 2 bridgehead atoms. The van der Waals surface area contributed by atoms with E-state index in [0.29, 0.717) is 37.8 Å². The molecule has 42 heavy (non-hydrogen) atoms. The van der Waals surface area contributed by atoms with Crippen LogP contribution in [0.25, 0.3) is 0 Å². The lowest BCUT2D eigenvalue weighted by molar-refractivity contribution is -0.123. The molecule has 2 aliphatic carbocycles. The number of ketones is 1. The highest BCUT2D eigenvalue weighted by Gasteiger charge is 2.50. The highest BCUT2D eigenvalue weighted by molar-refractivity contribution is 7.92. The molecule has 2 saturated carbocycles. The third-order valence-electron chi connectivity index (χ3n) is 8.17. The van der Waals surface area contributed by atoms with Crippen LogP contribution in [0.3, 0.4) is 0 Å². The molecule has 2 aliphatic rings. The maximum absolute atomic E-state index is 13.9. The number of Topliss-reactive ketones (excluding diaryl/α,β-unsaturated/α-hetero) is 1. The third-order valence-corrected chi connectivity index (χ3v) is 11.1. The van der Waals surface area contributed by atoms with E-state index in [0.717, 1.165) is 6.07 Å². The molecule has 0 spiro atoms. The predicted molar refractivity (Wildman–Crippen MR) is 149 cm³/mol. The first kappa shape index (κ1) is 31.8. The number of nitrogens with one attached hydrogen (secondary N) is 2. The number of methoxy groups -OCH3 is 1. The molecule has 228 valence electrons. The molecule has 4 rings (SSSR count). The van der Waals surface area contributed by atoms with Gasteiger partial charge in [-0.25, -0.2) is 26.4 Å². The van der Waals surface area contributed by atoms with Crippen LogP contribution in [0.5, 0.6) is 0 Å². The van der Waals surface area contributed by atoms with Gasteiger partial charge in [0.25, 0.3) is 5.91 Å². The second-order valence-electron chi connectivity index (χ2n) is 11.3. The number of halogens is 4. The molecule has 0 heterocycles. The van der Waals surface area contributed by atoms with E-state index in [1.165, 1.54) is 19.2 Å². The van der Waals surface area contributed by atoms with Gasteiger partial charge >= 0.3 is 6.09 Å². The van der Waals surface area contributed by atoms with Crippen molar-refractivity contribution in [1.82, 2.24) is 5.32 Å². The van der Waals surface area contributed by atoms with Crippen molar-refractivity contribution in [2.75, 3.05) is 12.4 Å². The zero-order valence-electron chi connectivity index (χ0n) is 23.3. The van der Waals surface area contributed by atoms with Gasteiger partial charge in [-0.05, 0) is 67.6 Å². The van der Waals surface area contributed by atoms with Gasteiger partial charge in [0.2, 0.25) is 0 Å². The van der Waals surface area contributed by atoms with Crippen molar-refractivity contribution in [3.05, 3.63) is 58.4 Å². The zero-order valence-corrected chi connectivity index (χ0v) is 24.8. The maximum Gasteiger partial charge on any atom is 0.407 e. The second-order valence-corrected chi connectivity index (χ2v) is 13.8. The standard InChI is InChI=1S/C29H32ClF3N2O6S/c1-14(2)26(35-29(38)41-3)23(36)10-15-8-16-4-5-17(9-15)27(16)42(39,40)24-11-18(6-7-20(24)30)28(37)34-19-12-21(31)25(33)22(32)13-19/h6-7,11-17,26-27H,4-5,8-10H2,1-3H3,(H,34,37)(H,35,38)/t15?,16-,17?,26+,27?/m0/s1. The Morgan fingerprint density at radius 2 is 1.62 bits per heavy atom. The number of anilines is 1. The number of amides is 2. The lowest BCUT2D eigenvalue weighted by Gasteiger charge is -2.35. The van der Waals surface area contributed by atoms with E-state index < -0.39 is 50.6 Å². The fraction of sp³-hybridized carbons (Fsp3) is 0.483. The number of hydrogen-bond acceptors (Lipinski definition) is 6. The molecule has 2 fully saturated rings. The van der Waals surface area contributed by atoms with Crippen molar-refractivity contribution in [2.24, 2.45) is 23.7 Å². The second kappa shape index (κ2) is 12.6. The third kappa shape index (κ3) is 6.59. The summed E-state index contributed by atoms with van der Waals surface area (Å²) in [5.41, 5.74) is -0.462. The maximum atomic E-state index is 13.9. The molecule has 2 N–H and O–H groups in total. The first-order chi connectivity index (χ1) is 19.7. The number of carbonyl (C=O) groups excluding carboxylic acids is 3. The SMILES string of the molecule is COC(=O)N[C@@H](C(=O)CC1CC2CC[C@@H](C1)C2S(=O)(=O)c1cc(C(=O)Nc2cc(F)c(F)c(F)c2)ccc1Cl)C(C)C.